The minimum Gasteiger partial charge on any atom is -0.379 e. The highest BCUT2D eigenvalue weighted by Crippen LogP contribution is 2.20. The van der Waals surface area contributed by atoms with Gasteiger partial charge in [0.25, 0.3) is 0 Å². The molecule has 1 N–H and O–H groups in total. The molecule has 0 bridgehead atoms. The van der Waals surface area contributed by atoms with E-state index in [-0.39, 0.29) is 5.54 Å². The third-order valence-corrected chi connectivity index (χ3v) is 2.66. The lowest BCUT2D eigenvalue weighted by Gasteiger charge is -2.46. The Balaban J connectivity index is 2.01. The Morgan fingerprint density at radius 2 is 2.00 bits per heavy atom. The zero-order valence-electron chi connectivity index (χ0n) is 7.05. The van der Waals surface area contributed by atoms with Gasteiger partial charge in [-0.15, -0.1) is 0 Å². The second-order valence-corrected chi connectivity index (χ2v) is 3.35. The molecule has 4 nitrogen and oxygen atoms in total. The fourth-order valence-corrected chi connectivity index (χ4v) is 1.73. The molecule has 2 aliphatic rings. The summed E-state index contributed by atoms with van der Waals surface area (Å²) in [5.74, 6) is 0. The van der Waals surface area contributed by atoms with Crippen molar-refractivity contribution in [1.82, 2.24) is 10.2 Å². The van der Waals surface area contributed by atoms with Crippen LogP contribution < -0.4 is 5.32 Å². The van der Waals surface area contributed by atoms with Gasteiger partial charge in [0.15, 0.2) is 0 Å². The number of nitrogens with one attached hydrogen (secondary N) is 1. The minimum atomic E-state index is -0.218. The second-order valence-electron chi connectivity index (χ2n) is 3.35. The summed E-state index contributed by atoms with van der Waals surface area (Å²) in [5.41, 5.74) is -0.218. The average Bonchev–Trinajstić information content (AvgIpc) is 2.05. The van der Waals surface area contributed by atoms with Crippen molar-refractivity contribution in [2.45, 2.75) is 5.54 Å². The van der Waals surface area contributed by atoms with E-state index in [0.717, 1.165) is 39.4 Å². The van der Waals surface area contributed by atoms with E-state index in [1.165, 1.54) is 0 Å². The molecule has 0 spiro atoms. The topological polar surface area (TPSA) is 48.3 Å². The molecule has 0 radical (unpaired) electrons. The Labute approximate surface area is 72.1 Å². The number of nitrogens with zero attached hydrogens (tertiary/aromatic N) is 2. The number of morpholine rings is 1. The van der Waals surface area contributed by atoms with Crippen LogP contribution in [0.1, 0.15) is 0 Å². The van der Waals surface area contributed by atoms with Crippen LogP contribution in [-0.2, 0) is 4.74 Å². The van der Waals surface area contributed by atoms with Crippen LogP contribution in [-0.4, -0.2) is 49.8 Å². The van der Waals surface area contributed by atoms with E-state index in [1.807, 2.05) is 0 Å². The molecule has 2 fully saturated rings. The second kappa shape index (κ2) is 3.02. The van der Waals surface area contributed by atoms with Crippen LogP contribution in [0.2, 0.25) is 0 Å². The van der Waals surface area contributed by atoms with E-state index in [4.69, 9.17) is 10.00 Å². The van der Waals surface area contributed by atoms with Gasteiger partial charge < -0.3 is 10.1 Å². The zero-order valence-corrected chi connectivity index (χ0v) is 7.05. The third-order valence-electron chi connectivity index (χ3n) is 2.66. The van der Waals surface area contributed by atoms with Crippen molar-refractivity contribution in [2.75, 3.05) is 39.4 Å². The van der Waals surface area contributed by atoms with Crippen LogP contribution in [0.15, 0.2) is 0 Å². The van der Waals surface area contributed by atoms with E-state index in [0.29, 0.717) is 0 Å². The highest BCUT2D eigenvalue weighted by Gasteiger charge is 2.43. The molecule has 0 unspecified atom stereocenters. The van der Waals surface area contributed by atoms with Crippen molar-refractivity contribution in [3.63, 3.8) is 0 Å². The first-order valence-corrected chi connectivity index (χ1v) is 4.32. The van der Waals surface area contributed by atoms with Crippen molar-refractivity contribution >= 4 is 0 Å². The number of nitriles is 1. The van der Waals surface area contributed by atoms with Gasteiger partial charge in [0.1, 0.15) is 5.54 Å². The molecule has 2 heterocycles. The molecule has 66 valence electrons. The van der Waals surface area contributed by atoms with Crippen molar-refractivity contribution in [3.8, 4) is 6.07 Å². The van der Waals surface area contributed by atoms with Gasteiger partial charge in [-0.3, -0.25) is 4.90 Å². The predicted octanol–water partition coefficient (Wildman–Crippen LogP) is -0.816. The largest absolute Gasteiger partial charge is 0.379 e. The highest BCUT2D eigenvalue weighted by atomic mass is 16.5. The molecule has 2 saturated heterocycles. The van der Waals surface area contributed by atoms with E-state index in [2.05, 4.69) is 16.3 Å². The molecule has 0 amide bonds. The fraction of sp³-hybridized carbons (Fsp3) is 0.875. The molecule has 0 saturated carbocycles. The first-order valence-electron chi connectivity index (χ1n) is 4.32. The molecule has 2 rings (SSSR count). The number of hydrogen-bond acceptors (Lipinski definition) is 4. The van der Waals surface area contributed by atoms with Gasteiger partial charge in [0, 0.05) is 26.2 Å². The lowest BCUT2D eigenvalue weighted by molar-refractivity contribution is -0.0199. The minimum absolute atomic E-state index is 0.218. The van der Waals surface area contributed by atoms with Crippen LogP contribution in [0, 0.1) is 11.3 Å². The number of hydrogen-bond donors (Lipinski definition) is 1. The van der Waals surface area contributed by atoms with Gasteiger partial charge in [-0.1, -0.05) is 0 Å². The van der Waals surface area contributed by atoms with Gasteiger partial charge in [0.05, 0.1) is 19.3 Å². The summed E-state index contributed by atoms with van der Waals surface area (Å²) >= 11 is 0. The van der Waals surface area contributed by atoms with Gasteiger partial charge >= 0.3 is 0 Å². The number of rotatable bonds is 1. The first kappa shape index (κ1) is 7.99. The van der Waals surface area contributed by atoms with Crippen LogP contribution in [0.3, 0.4) is 0 Å². The Kier molecular flexibility index (Phi) is 2.01. The fourth-order valence-electron chi connectivity index (χ4n) is 1.73. The van der Waals surface area contributed by atoms with Crippen LogP contribution in [0.4, 0.5) is 0 Å². The van der Waals surface area contributed by atoms with Gasteiger partial charge in [-0.25, -0.2) is 0 Å². The summed E-state index contributed by atoms with van der Waals surface area (Å²) in [4.78, 5) is 2.23. The Hall–Kier alpha value is -0.630. The van der Waals surface area contributed by atoms with E-state index < -0.39 is 0 Å². The Morgan fingerprint density at radius 3 is 2.42 bits per heavy atom. The smallest absolute Gasteiger partial charge is 0.134 e. The summed E-state index contributed by atoms with van der Waals surface area (Å²) < 4.78 is 5.24. The average molecular weight is 167 g/mol. The van der Waals surface area contributed by atoms with Crippen molar-refractivity contribution in [2.24, 2.45) is 0 Å². The van der Waals surface area contributed by atoms with E-state index in [1.54, 1.807) is 0 Å². The summed E-state index contributed by atoms with van der Waals surface area (Å²) in [6.07, 6.45) is 0. The molecule has 2 aliphatic heterocycles. The maximum Gasteiger partial charge on any atom is 0.134 e. The van der Waals surface area contributed by atoms with E-state index >= 15 is 0 Å². The maximum absolute atomic E-state index is 9.02. The molecular weight excluding hydrogens is 154 g/mol. The molecule has 0 aliphatic carbocycles. The van der Waals surface area contributed by atoms with Crippen molar-refractivity contribution in [1.29, 1.82) is 5.26 Å². The molecular formula is C8H13N3O. The molecule has 0 aromatic carbocycles. The van der Waals surface area contributed by atoms with Crippen LogP contribution in [0.25, 0.3) is 0 Å². The molecule has 4 heteroatoms. The van der Waals surface area contributed by atoms with Crippen molar-refractivity contribution < 1.29 is 4.74 Å². The normalized spacial score (nSPS) is 28.9. The van der Waals surface area contributed by atoms with Gasteiger partial charge in [-0.2, -0.15) is 5.26 Å². The van der Waals surface area contributed by atoms with Crippen LogP contribution >= 0.6 is 0 Å². The van der Waals surface area contributed by atoms with Crippen molar-refractivity contribution in [3.05, 3.63) is 0 Å². The zero-order chi connectivity index (χ0) is 8.44. The Morgan fingerprint density at radius 1 is 1.33 bits per heavy atom. The van der Waals surface area contributed by atoms with E-state index in [9.17, 15) is 0 Å². The van der Waals surface area contributed by atoms with Crippen LogP contribution in [0.5, 0.6) is 0 Å². The molecule has 0 atom stereocenters. The first-order chi connectivity index (χ1) is 5.87. The number of ether oxygens (including phenoxy) is 1. The lowest BCUT2D eigenvalue weighted by atomic mass is 9.91. The maximum atomic E-state index is 9.02. The monoisotopic (exact) mass is 167 g/mol. The summed E-state index contributed by atoms with van der Waals surface area (Å²) in [5, 5.41) is 12.2. The standard InChI is InChI=1S/C8H13N3O/c9-5-8(6-10-7-8)11-1-3-12-4-2-11/h10H,1-4,6-7H2. The summed E-state index contributed by atoms with van der Waals surface area (Å²) in [6.45, 7) is 4.95. The summed E-state index contributed by atoms with van der Waals surface area (Å²) in [6, 6.07) is 2.39. The third kappa shape index (κ3) is 1.11. The Bertz CT molecular complexity index is 201. The molecule has 0 aromatic rings. The SMILES string of the molecule is N#CC1(N2CCOCC2)CNC1. The molecule has 0 aromatic heterocycles. The summed E-state index contributed by atoms with van der Waals surface area (Å²) in [7, 11) is 0. The van der Waals surface area contributed by atoms with Gasteiger partial charge in [-0.05, 0) is 0 Å². The van der Waals surface area contributed by atoms with Gasteiger partial charge in [0.2, 0.25) is 0 Å². The molecule has 12 heavy (non-hydrogen) atoms. The highest BCUT2D eigenvalue weighted by molar-refractivity contribution is 5.17. The lowest BCUT2D eigenvalue weighted by Crippen LogP contribution is -2.69. The predicted molar refractivity (Wildman–Crippen MR) is 43.6 cm³/mol. The quantitative estimate of drug-likeness (QED) is 0.554.